The molecule has 2 aliphatic heterocycles. The van der Waals surface area contributed by atoms with Gasteiger partial charge in [0.1, 0.15) is 5.75 Å². The molecule has 1 aromatic carbocycles. The lowest BCUT2D eigenvalue weighted by molar-refractivity contribution is -0.274. The molecule has 1 spiro atoms. The molecular weight excluding hydrogens is 453 g/mol. The molecule has 0 atom stereocenters. The van der Waals surface area contributed by atoms with E-state index < -0.39 is 6.36 Å². The molecule has 0 radical (unpaired) electrons. The van der Waals surface area contributed by atoms with Crippen molar-refractivity contribution in [1.82, 2.24) is 9.80 Å². The van der Waals surface area contributed by atoms with E-state index in [1.807, 2.05) is 27.8 Å². The van der Waals surface area contributed by atoms with E-state index in [0.29, 0.717) is 26.2 Å². The fraction of sp³-hybridized carbons (Fsp3) is 0.417. The third-order valence-corrected chi connectivity index (χ3v) is 7.13. The maximum atomic E-state index is 12.8. The number of rotatable bonds is 5. The fourth-order valence-corrected chi connectivity index (χ4v) is 5.18. The van der Waals surface area contributed by atoms with Crippen LogP contribution < -0.4 is 4.74 Å². The third kappa shape index (κ3) is 5.96. The number of piperidine rings is 1. The van der Waals surface area contributed by atoms with Crippen LogP contribution in [0.4, 0.5) is 13.2 Å². The van der Waals surface area contributed by atoms with Crippen LogP contribution in [0.5, 0.6) is 5.75 Å². The second-order valence-electron chi connectivity index (χ2n) is 8.61. The Kier molecular flexibility index (Phi) is 6.78. The number of carbonyl (C=O) groups excluding carboxylic acids is 2. The molecule has 9 heteroatoms. The molecule has 0 bridgehead atoms. The molecule has 1 aromatic heterocycles. The normalized spacial score (nSPS) is 18.3. The van der Waals surface area contributed by atoms with Crippen molar-refractivity contribution in [3.63, 3.8) is 0 Å². The zero-order chi connectivity index (χ0) is 23.5. The van der Waals surface area contributed by atoms with Crippen LogP contribution >= 0.6 is 11.3 Å². The van der Waals surface area contributed by atoms with E-state index in [4.69, 9.17) is 0 Å². The summed E-state index contributed by atoms with van der Waals surface area (Å²) in [6.07, 6.45) is 0.934. The van der Waals surface area contributed by atoms with Crippen LogP contribution in [0.1, 0.15) is 30.4 Å². The number of alkyl halides is 3. The lowest BCUT2D eigenvalue weighted by Crippen LogP contribution is -2.44. The second-order valence-corrected chi connectivity index (χ2v) is 9.39. The summed E-state index contributed by atoms with van der Waals surface area (Å²) >= 11 is 1.58. The Labute approximate surface area is 194 Å². The number of hydrogen-bond acceptors (Lipinski definition) is 4. The summed E-state index contributed by atoms with van der Waals surface area (Å²) < 4.78 is 42.0. The topological polar surface area (TPSA) is 49.9 Å². The molecule has 2 aliphatic rings. The molecule has 3 heterocycles. The molecule has 2 saturated heterocycles. The summed E-state index contributed by atoms with van der Waals surface area (Å²) in [7, 11) is 0. The SMILES string of the molecule is O=C(C=Cc1ccsc1)N1CCC2(CC1)CCN(C(=O)Cc1ccccc1OC(F)(F)F)C2. The second kappa shape index (κ2) is 9.59. The van der Waals surface area contributed by atoms with E-state index >= 15 is 0 Å². The van der Waals surface area contributed by atoms with Crippen molar-refractivity contribution in [2.45, 2.75) is 32.0 Å². The Morgan fingerprint density at radius 1 is 1.06 bits per heavy atom. The van der Waals surface area contributed by atoms with Crippen LogP contribution in [0.15, 0.2) is 47.2 Å². The number of para-hydroxylation sites is 1. The van der Waals surface area contributed by atoms with Crippen LogP contribution in [0, 0.1) is 5.41 Å². The lowest BCUT2D eigenvalue weighted by Gasteiger charge is -2.39. The monoisotopic (exact) mass is 478 g/mol. The van der Waals surface area contributed by atoms with Crippen LogP contribution in [0.3, 0.4) is 0 Å². The first-order valence-corrected chi connectivity index (χ1v) is 11.8. The van der Waals surface area contributed by atoms with Gasteiger partial charge in [0.2, 0.25) is 11.8 Å². The van der Waals surface area contributed by atoms with Crippen molar-refractivity contribution in [3.8, 4) is 5.75 Å². The van der Waals surface area contributed by atoms with Gasteiger partial charge in [-0.3, -0.25) is 9.59 Å². The van der Waals surface area contributed by atoms with Gasteiger partial charge in [-0.1, -0.05) is 18.2 Å². The minimum absolute atomic E-state index is 0.0109. The zero-order valence-corrected chi connectivity index (χ0v) is 18.8. The molecule has 33 heavy (non-hydrogen) atoms. The van der Waals surface area contributed by atoms with E-state index in [-0.39, 0.29) is 35.0 Å². The molecule has 2 aromatic rings. The van der Waals surface area contributed by atoms with E-state index in [0.717, 1.165) is 24.8 Å². The van der Waals surface area contributed by atoms with Gasteiger partial charge in [-0.05, 0) is 59.2 Å². The number of thiophene rings is 1. The molecule has 0 saturated carbocycles. The van der Waals surface area contributed by atoms with Crippen LogP contribution in [0.2, 0.25) is 0 Å². The number of halogens is 3. The third-order valence-electron chi connectivity index (χ3n) is 6.43. The molecule has 5 nitrogen and oxygen atoms in total. The molecule has 4 rings (SSSR count). The Morgan fingerprint density at radius 3 is 2.42 bits per heavy atom. The summed E-state index contributed by atoms with van der Waals surface area (Å²) in [6.45, 7) is 2.42. The first kappa shape index (κ1) is 23.4. The largest absolute Gasteiger partial charge is 0.573 e. The van der Waals surface area contributed by atoms with Gasteiger partial charge in [0.25, 0.3) is 0 Å². The minimum atomic E-state index is -4.80. The molecule has 176 valence electrons. The van der Waals surface area contributed by atoms with Crippen molar-refractivity contribution >= 4 is 29.2 Å². The fourth-order valence-electron chi connectivity index (χ4n) is 4.55. The minimum Gasteiger partial charge on any atom is -0.405 e. The standard InChI is InChI=1S/C24H25F3N2O3S/c25-24(26,27)32-20-4-2-1-3-19(20)15-22(31)29-13-10-23(17-29)8-11-28(12-9-23)21(30)6-5-18-7-14-33-16-18/h1-7,14,16H,8-13,15,17H2. The number of carbonyl (C=O) groups is 2. The van der Waals surface area contributed by atoms with Gasteiger partial charge in [-0.2, -0.15) is 11.3 Å². The summed E-state index contributed by atoms with van der Waals surface area (Å²) in [5, 5.41) is 3.94. The number of likely N-dealkylation sites (tertiary alicyclic amines) is 2. The molecule has 0 unspecified atom stereocenters. The Bertz CT molecular complexity index is 1010. The smallest absolute Gasteiger partial charge is 0.405 e. The highest BCUT2D eigenvalue weighted by atomic mass is 32.1. The molecule has 0 aliphatic carbocycles. The van der Waals surface area contributed by atoms with Gasteiger partial charge in [0.15, 0.2) is 0 Å². The van der Waals surface area contributed by atoms with E-state index in [9.17, 15) is 22.8 Å². The Morgan fingerprint density at radius 2 is 1.76 bits per heavy atom. The maximum Gasteiger partial charge on any atom is 0.573 e. The average molecular weight is 479 g/mol. The van der Waals surface area contributed by atoms with E-state index in [2.05, 4.69) is 4.74 Å². The predicted molar refractivity (Wildman–Crippen MR) is 120 cm³/mol. The quantitative estimate of drug-likeness (QED) is 0.583. The Balaban J connectivity index is 1.31. The summed E-state index contributed by atoms with van der Waals surface area (Å²) in [5.74, 6) is -0.555. The first-order valence-electron chi connectivity index (χ1n) is 10.8. The highest BCUT2D eigenvalue weighted by molar-refractivity contribution is 7.08. The van der Waals surface area contributed by atoms with Gasteiger partial charge < -0.3 is 14.5 Å². The van der Waals surface area contributed by atoms with Gasteiger partial charge >= 0.3 is 6.36 Å². The zero-order valence-electron chi connectivity index (χ0n) is 18.0. The van der Waals surface area contributed by atoms with E-state index in [1.165, 1.54) is 18.2 Å². The number of hydrogen-bond donors (Lipinski definition) is 0. The Hall–Kier alpha value is -2.81. The summed E-state index contributed by atoms with van der Waals surface area (Å²) in [4.78, 5) is 28.9. The molecule has 2 fully saturated rings. The van der Waals surface area contributed by atoms with Gasteiger partial charge in [-0.25, -0.2) is 0 Å². The van der Waals surface area contributed by atoms with Crippen molar-refractivity contribution in [2.75, 3.05) is 26.2 Å². The van der Waals surface area contributed by atoms with Crippen molar-refractivity contribution in [2.24, 2.45) is 5.41 Å². The maximum absolute atomic E-state index is 12.8. The van der Waals surface area contributed by atoms with Gasteiger partial charge in [-0.15, -0.1) is 13.2 Å². The molecule has 0 N–H and O–H groups in total. The molecule has 2 amide bonds. The van der Waals surface area contributed by atoms with Gasteiger partial charge in [0, 0.05) is 37.8 Å². The first-order chi connectivity index (χ1) is 15.7. The van der Waals surface area contributed by atoms with Crippen molar-refractivity contribution in [1.29, 1.82) is 0 Å². The summed E-state index contributed by atoms with van der Waals surface area (Å²) in [5.41, 5.74) is 1.19. The highest BCUT2D eigenvalue weighted by Crippen LogP contribution is 2.41. The highest BCUT2D eigenvalue weighted by Gasteiger charge is 2.42. The number of amides is 2. The number of nitrogens with zero attached hydrogens (tertiary/aromatic N) is 2. The van der Waals surface area contributed by atoms with Crippen molar-refractivity contribution < 1.29 is 27.5 Å². The lowest BCUT2D eigenvalue weighted by atomic mass is 9.78. The average Bonchev–Trinajstić information content (AvgIpc) is 3.43. The van der Waals surface area contributed by atoms with Crippen LogP contribution in [-0.2, 0) is 16.0 Å². The number of ether oxygens (including phenoxy) is 1. The van der Waals surface area contributed by atoms with Gasteiger partial charge in [0.05, 0.1) is 6.42 Å². The van der Waals surface area contributed by atoms with Crippen molar-refractivity contribution in [3.05, 3.63) is 58.3 Å². The van der Waals surface area contributed by atoms with Crippen LogP contribution in [-0.4, -0.2) is 54.2 Å². The number of benzene rings is 1. The predicted octanol–water partition coefficient (Wildman–Crippen LogP) is 4.74. The molecular formula is C24H25F3N2O3S. The summed E-state index contributed by atoms with van der Waals surface area (Å²) in [6, 6.07) is 7.71. The van der Waals surface area contributed by atoms with E-state index in [1.54, 1.807) is 28.4 Å². The van der Waals surface area contributed by atoms with Crippen LogP contribution in [0.25, 0.3) is 6.08 Å².